The molecule has 1 heterocycles. The molecule has 0 amide bonds. The molecule has 3 heteroatoms. The Balaban J connectivity index is 1.35. The van der Waals surface area contributed by atoms with E-state index in [9.17, 15) is 0 Å². The third-order valence-electron chi connectivity index (χ3n) is 8.04. The monoisotopic (exact) mass is 381 g/mol. The Bertz CT molecular complexity index is 801. The maximum absolute atomic E-state index is 5.47. The van der Waals surface area contributed by atoms with Gasteiger partial charge in [0.2, 0.25) is 0 Å². The van der Waals surface area contributed by atoms with Gasteiger partial charge in [0.25, 0.3) is 0 Å². The SMILES string of the molecule is COc1ccc2c(c1)CCC1C2CC[C@@]2(C)C1CC[C@@H]2NCc1cccs1. The molecule has 3 aliphatic carbocycles. The van der Waals surface area contributed by atoms with Crippen LogP contribution in [-0.4, -0.2) is 13.2 Å². The highest BCUT2D eigenvalue weighted by Gasteiger charge is 2.54. The number of benzene rings is 1. The number of ether oxygens (including phenoxy) is 1. The summed E-state index contributed by atoms with van der Waals surface area (Å²) in [5.74, 6) is 3.55. The van der Waals surface area contributed by atoms with Crippen LogP contribution < -0.4 is 10.1 Å². The van der Waals surface area contributed by atoms with E-state index in [2.05, 4.69) is 48.0 Å². The molecule has 2 nitrogen and oxygen atoms in total. The first kappa shape index (κ1) is 17.8. The molecular weight excluding hydrogens is 350 g/mol. The molecule has 2 aromatic rings. The molecule has 0 saturated heterocycles. The van der Waals surface area contributed by atoms with E-state index in [1.54, 1.807) is 18.2 Å². The Labute approximate surface area is 167 Å². The van der Waals surface area contributed by atoms with E-state index < -0.39 is 0 Å². The van der Waals surface area contributed by atoms with E-state index in [0.29, 0.717) is 11.5 Å². The van der Waals surface area contributed by atoms with Crippen molar-refractivity contribution in [1.82, 2.24) is 5.32 Å². The van der Waals surface area contributed by atoms with Gasteiger partial charge in [0.1, 0.15) is 5.75 Å². The maximum atomic E-state index is 5.47. The van der Waals surface area contributed by atoms with Crippen LogP contribution in [0, 0.1) is 17.3 Å². The van der Waals surface area contributed by atoms with Crippen molar-refractivity contribution in [3.63, 3.8) is 0 Å². The predicted octanol–water partition coefficient (Wildman–Crippen LogP) is 5.77. The molecule has 3 unspecified atom stereocenters. The summed E-state index contributed by atoms with van der Waals surface area (Å²) in [4.78, 5) is 1.47. The van der Waals surface area contributed by atoms with Crippen LogP contribution in [0.5, 0.6) is 5.75 Å². The molecule has 5 rings (SSSR count). The fourth-order valence-electron chi connectivity index (χ4n) is 6.66. The first-order valence-corrected chi connectivity index (χ1v) is 11.5. The molecule has 1 aromatic carbocycles. The lowest BCUT2D eigenvalue weighted by Gasteiger charge is -2.51. The lowest BCUT2D eigenvalue weighted by molar-refractivity contribution is 0.0409. The molecule has 2 saturated carbocycles. The molecular formula is C24H31NOS. The van der Waals surface area contributed by atoms with Gasteiger partial charge >= 0.3 is 0 Å². The molecule has 3 aliphatic rings. The van der Waals surface area contributed by atoms with Crippen molar-refractivity contribution in [2.45, 2.75) is 64.0 Å². The average Bonchev–Trinajstić information content (AvgIpc) is 3.32. The highest BCUT2D eigenvalue weighted by molar-refractivity contribution is 7.09. The number of rotatable bonds is 4. The van der Waals surface area contributed by atoms with E-state index in [1.165, 1.54) is 43.4 Å². The Morgan fingerprint density at radius 2 is 2.11 bits per heavy atom. The summed E-state index contributed by atoms with van der Waals surface area (Å²) in [6, 6.07) is 11.9. The van der Waals surface area contributed by atoms with Crippen LogP contribution in [0.3, 0.4) is 0 Å². The van der Waals surface area contributed by atoms with E-state index in [0.717, 1.165) is 30.0 Å². The van der Waals surface area contributed by atoms with Crippen LogP contribution in [0.15, 0.2) is 35.7 Å². The van der Waals surface area contributed by atoms with Gasteiger partial charge in [-0.15, -0.1) is 11.3 Å². The van der Waals surface area contributed by atoms with Gasteiger partial charge in [0.05, 0.1) is 7.11 Å². The molecule has 0 aliphatic heterocycles. The quantitative estimate of drug-likeness (QED) is 0.726. The minimum absolute atomic E-state index is 0.475. The first-order valence-electron chi connectivity index (χ1n) is 10.6. The van der Waals surface area contributed by atoms with Crippen molar-refractivity contribution in [2.75, 3.05) is 7.11 Å². The summed E-state index contributed by atoms with van der Waals surface area (Å²) < 4.78 is 5.47. The van der Waals surface area contributed by atoms with Gasteiger partial charge in [-0.05, 0) is 96.4 Å². The third kappa shape index (κ3) is 2.94. The highest BCUT2D eigenvalue weighted by atomic mass is 32.1. The summed E-state index contributed by atoms with van der Waals surface area (Å²) in [6.45, 7) is 3.64. The molecule has 2 fully saturated rings. The largest absolute Gasteiger partial charge is 0.497 e. The molecule has 144 valence electrons. The Kier molecular flexibility index (Phi) is 4.56. The number of hydrogen-bond acceptors (Lipinski definition) is 3. The lowest BCUT2D eigenvalue weighted by Crippen LogP contribution is -2.48. The van der Waals surface area contributed by atoms with Gasteiger partial charge in [-0.1, -0.05) is 19.1 Å². The van der Waals surface area contributed by atoms with Crippen LogP contribution in [-0.2, 0) is 13.0 Å². The number of thiophene rings is 1. The second-order valence-electron chi connectivity index (χ2n) is 9.11. The zero-order valence-corrected chi connectivity index (χ0v) is 17.4. The number of nitrogens with one attached hydrogen (secondary N) is 1. The van der Waals surface area contributed by atoms with Gasteiger partial charge in [-0.3, -0.25) is 0 Å². The summed E-state index contributed by atoms with van der Waals surface area (Å²) in [6.07, 6.45) is 8.08. The van der Waals surface area contributed by atoms with Crippen molar-refractivity contribution < 1.29 is 4.74 Å². The van der Waals surface area contributed by atoms with Crippen LogP contribution in [0.1, 0.15) is 60.9 Å². The molecule has 0 bridgehead atoms. The smallest absolute Gasteiger partial charge is 0.119 e. The van der Waals surface area contributed by atoms with Crippen molar-refractivity contribution in [2.24, 2.45) is 17.3 Å². The van der Waals surface area contributed by atoms with Crippen molar-refractivity contribution >= 4 is 11.3 Å². The molecule has 0 radical (unpaired) electrons. The normalized spacial score (nSPS) is 34.6. The summed E-state index contributed by atoms with van der Waals surface area (Å²) in [7, 11) is 1.78. The van der Waals surface area contributed by atoms with Gasteiger partial charge in [0, 0.05) is 17.5 Å². The molecule has 5 atom stereocenters. The average molecular weight is 382 g/mol. The van der Waals surface area contributed by atoms with Crippen LogP contribution in [0.25, 0.3) is 0 Å². The molecule has 1 N–H and O–H groups in total. The summed E-state index contributed by atoms with van der Waals surface area (Å²) in [5, 5.41) is 6.14. The van der Waals surface area contributed by atoms with Crippen molar-refractivity contribution in [1.29, 1.82) is 0 Å². The minimum atomic E-state index is 0.475. The number of fused-ring (bicyclic) bond motifs is 5. The summed E-state index contributed by atoms with van der Waals surface area (Å²) in [5.41, 5.74) is 3.65. The molecule has 27 heavy (non-hydrogen) atoms. The van der Waals surface area contributed by atoms with Gasteiger partial charge in [0.15, 0.2) is 0 Å². The van der Waals surface area contributed by atoms with Crippen molar-refractivity contribution in [3.8, 4) is 5.75 Å². The Morgan fingerprint density at radius 3 is 2.93 bits per heavy atom. The number of hydrogen-bond donors (Lipinski definition) is 1. The number of aryl methyl sites for hydroxylation is 1. The van der Waals surface area contributed by atoms with Gasteiger partial charge < -0.3 is 10.1 Å². The van der Waals surface area contributed by atoms with E-state index in [-0.39, 0.29) is 0 Å². The Morgan fingerprint density at radius 1 is 1.19 bits per heavy atom. The first-order chi connectivity index (χ1) is 13.2. The maximum Gasteiger partial charge on any atom is 0.119 e. The minimum Gasteiger partial charge on any atom is -0.497 e. The topological polar surface area (TPSA) is 21.3 Å². The zero-order chi connectivity index (χ0) is 18.4. The van der Waals surface area contributed by atoms with Gasteiger partial charge in [-0.2, -0.15) is 0 Å². The number of methoxy groups -OCH3 is 1. The van der Waals surface area contributed by atoms with E-state index in [1.807, 2.05) is 11.3 Å². The van der Waals surface area contributed by atoms with E-state index in [4.69, 9.17) is 4.74 Å². The zero-order valence-electron chi connectivity index (χ0n) is 16.5. The van der Waals surface area contributed by atoms with Crippen LogP contribution >= 0.6 is 11.3 Å². The fourth-order valence-corrected chi connectivity index (χ4v) is 7.31. The predicted molar refractivity (Wildman–Crippen MR) is 113 cm³/mol. The van der Waals surface area contributed by atoms with Crippen molar-refractivity contribution in [3.05, 3.63) is 51.7 Å². The second-order valence-corrected chi connectivity index (χ2v) is 10.1. The van der Waals surface area contributed by atoms with Crippen LogP contribution in [0.2, 0.25) is 0 Å². The summed E-state index contributed by atoms with van der Waals surface area (Å²) >= 11 is 1.88. The molecule has 1 aromatic heterocycles. The lowest BCUT2D eigenvalue weighted by atomic mass is 9.55. The van der Waals surface area contributed by atoms with E-state index >= 15 is 0 Å². The Hall–Kier alpha value is -1.32. The standard InChI is InChI=1S/C24H31NOS/c1-24-12-11-20-19-8-6-17(26-2)14-16(19)5-7-21(20)22(24)9-10-23(24)25-15-18-4-3-13-27-18/h3-4,6,8,13-14,20-23,25H,5,7,9-12,15H2,1-2H3/t20?,21?,22?,23-,24-/m0/s1. The van der Waals surface area contributed by atoms with Crippen LogP contribution in [0.4, 0.5) is 0 Å². The highest BCUT2D eigenvalue weighted by Crippen LogP contribution is 2.61. The van der Waals surface area contributed by atoms with Gasteiger partial charge in [-0.25, -0.2) is 0 Å². The fraction of sp³-hybridized carbons (Fsp3) is 0.583. The molecule has 0 spiro atoms. The third-order valence-corrected chi connectivity index (χ3v) is 8.91. The second kappa shape index (κ2) is 6.93.